The van der Waals surface area contributed by atoms with Crippen molar-refractivity contribution in [3.8, 4) is 0 Å². The number of carbonyl (C=O) groups excluding carboxylic acids is 1. The first-order valence-corrected chi connectivity index (χ1v) is 10.1. The summed E-state index contributed by atoms with van der Waals surface area (Å²) in [6, 6.07) is 13.5. The highest BCUT2D eigenvalue weighted by molar-refractivity contribution is 5.95. The van der Waals surface area contributed by atoms with Gasteiger partial charge in [-0.05, 0) is 42.7 Å². The maximum absolute atomic E-state index is 13.0. The Morgan fingerprint density at radius 3 is 2.52 bits per heavy atom. The molecule has 2 aromatic carbocycles. The lowest BCUT2D eigenvalue weighted by Crippen LogP contribution is -3.16. The Balaban J connectivity index is 1.36. The van der Waals surface area contributed by atoms with Gasteiger partial charge in [0.05, 0.1) is 31.7 Å². The number of fused-ring (bicyclic) bond motifs is 1. The molecular formula is C22H25F3N3O+. The molecule has 1 fully saturated rings. The molecule has 0 unspecified atom stereocenters. The van der Waals surface area contributed by atoms with Gasteiger partial charge in [-0.2, -0.15) is 13.2 Å². The van der Waals surface area contributed by atoms with E-state index in [0.29, 0.717) is 25.3 Å². The molecule has 0 saturated carbocycles. The first kappa shape index (κ1) is 19.8. The van der Waals surface area contributed by atoms with Crippen molar-refractivity contribution in [3.63, 3.8) is 0 Å². The van der Waals surface area contributed by atoms with Crippen LogP contribution >= 0.6 is 0 Å². The van der Waals surface area contributed by atoms with Crippen molar-refractivity contribution in [2.45, 2.75) is 19.0 Å². The van der Waals surface area contributed by atoms with Crippen LogP contribution in [0.1, 0.15) is 17.5 Å². The lowest BCUT2D eigenvalue weighted by molar-refractivity contribution is -0.892. The summed E-state index contributed by atoms with van der Waals surface area (Å²) >= 11 is 0. The number of piperazine rings is 1. The molecule has 1 N–H and O–H groups in total. The summed E-state index contributed by atoms with van der Waals surface area (Å²) in [5.41, 5.74) is 2.21. The van der Waals surface area contributed by atoms with Crippen LogP contribution in [0.2, 0.25) is 0 Å². The number of amides is 1. The summed E-state index contributed by atoms with van der Waals surface area (Å²) in [4.78, 5) is 17.9. The Hall–Kier alpha value is -2.54. The molecule has 1 amide bonds. The summed E-state index contributed by atoms with van der Waals surface area (Å²) in [5.74, 6) is 0.125. The molecule has 2 aliphatic rings. The highest BCUT2D eigenvalue weighted by Crippen LogP contribution is 2.31. The van der Waals surface area contributed by atoms with Gasteiger partial charge in [-0.25, -0.2) is 0 Å². The van der Waals surface area contributed by atoms with Gasteiger partial charge in [-0.1, -0.05) is 24.3 Å². The van der Waals surface area contributed by atoms with Gasteiger partial charge in [0.2, 0.25) is 0 Å². The molecule has 29 heavy (non-hydrogen) atoms. The molecule has 0 radical (unpaired) electrons. The summed E-state index contributed by atoms with van der Waals surface area (Å²) in [6.07, 6.45) is -2.36. The topological polar surface area (TPSA) is 28.0 Å². The van der Waals surface area contributed by atoms with E-state index in [1.54, 1.807) is 6.07 Å². The maximum atomic E-state index is 13.0. The van der Waals surface area contributed by atoms with E-state index < -0.39 is 11.7 Å². The van der Waals surface area contributed by atoms with E-state index in [4.69, 9.17) is 0 Å². The van der Waals surface area contributed by atoms with Crippen LogP contribution in [0, 0.1) is 0 Å². The lowest BCUT2D eigenvalue weighted by atomic mass is 10.0. The Labute approximate surface area is 168 Å². The van der Waals surface area contributed by atoms with Gasteiger partial charge in [0, 0.05) is 17.9 Å². The molecule has 2 aliphatic heterocycles. The summed E-state index contributed by atoms with van der Waals surface area (Å²) in [6.45, 7) is 3.92. The van der Waals surface area contributed by atoms with E-state index in [2.05, 4.69) is 6.07 Å². The fraction of sp³-hybridized carbons (Fsp3) is 0.409. The van der Waals surface area contributed by atoms with Gasteiger partial charge >= 0.3 is 6.18 Å². The van der Waals surface area contributed by atoms with E-state index in [1.165, 1.54) is 22.6 Å². The highest BCUT2D eigenvalue weighted by Gasteiger charge is 2.32. The monoisotopic (exact) mass is 404 g/mol. The molecule has 4 rings (SSSR count). The number of nitrogens with one attached hydrogen (secondary N) is 1. The van der Waals surface area contributed by atoms with Gasteiger partial charge in [0.15, 0.2) is 6.54 Å². The number of nitrogens with zero attached hydrogens (tertiary/aromatic N) is 2. The Morgan fingerprint density at radius 1 is 1.00 bits per heavy atom. The number of halogens is 3. The van der Waals surface area contributed by atoms with Gasteiger partial charge in [0.25, 0.3) is 5.91 Å². The zero-order valence-corrected chi connectivity index (χ0v) is 16.2. The van der Waals surface area contributed by atoms with E-state index in [1.807, 2.05) is 28.0 Å². The fourth-order valence-corrected chi connectivity index (χ4v) is 4.24. The number of anilines is 2. The quantitative estimate of drug-likeness (QED) is 0.851. The third kappa shape index (κ3) is 4.40. The van der Waals surface area contributed by atoms with Crippen LogP contribution in [0.4, 0.5) is 24.5 Å². The highest BCUT2D eigenvalue weighted by atomic mass is 19.4. The number of hydrogen-bond acceptors (Lipinski definition) is 2. The van der Waals surface area contributed by atoms with Gasteiger partial charge in [-0.15, -0.1) is 0 Å². The zero-order chi connectivity index (χ0) is 20.4. The molecule has 0 atom stereocenters. The van der Waals surface area contributed by atoms with Crippen LogP contribution in [0.25, 0.3) is 0 Å². The minimum Gasteiger partial charge on any atom is -0.360 e. The second-order valence-corrected chi connectivity index (χ2v) is 7.74. The SMILES string of the molecule is O=C(C[NH+]1CCN(c2cccc(C(F)(F)F)c2)CC1)N1CCCc2ccccc21. The van der Waals surface area contributed by atoms with Crippen molar-refractivity contribution in [3.05, 3.63) is 59.7 Å². The molecule has 154 valence electrons. The van der Waals surface area contributed by atoms with Crippen LogP contribution in [-0.4, -0.2) is 45.2 Å². The van der Waals surface area contributed by atoms with E-state index in [9.17, 15) is 18.0 Å². The molecule has 0 aliphatic carbocycles. The second kappa shape index (κ2) is 8.06. The van der Waals surface area contributed by atoms with Crippen LogP contribution in [0.5, 0.6) is 0 Å². The third-order valence-corrected chi connectivity index (χ3v) is 5.82. The van der Waals surface area contributed by atoms with Crippen molar-refractivity contribution in [1.82, 2.24) is 0 Å². The van der Waals surface area contributed by atoms with Gasteiger partial charge in [-0.3, -0.25) is 4.79 Å². The predicted octanol–water partition coefficient (Wildman–Crippen LogP) is 2.39. The van der Waals surface area contributed by atoms with Gasteiger partial charge < -0.3 is 14.7 Å². The van der Waals surface area contributed by atoms with E-state index >= 15 is 0 Å². The van der Waals surface area contributed by atoms with Crippen molar-refractivity contribution >= 4 is 17.3 Å². The van der Waals surface area contributed by atoms with Crippen LogP contribution in [0.15, 0.2) is 48.5 Å². The van der Waals surface area contributed by atoms with Crippen molar-refractivity contribution in [1.29, 1.82) is 0 Å². The largest absolute Gasteiger partial charge is 0.416 e. The molecule has 0 bridgehead atoms. The normalized spacial score (nSPS) is 17.9. The first-order chi connectivity index (χ1) is 13.9. The number of hydrogen-bond donors (Lipinski definition) is 1. The number of para-hydroxylation sites is 1. The summed E-state index contributed by atoms with van der Waals surface area (Å²) < 4.78 is 38.9. The molecule has 0 spiro atoms. The van der Waals surface area contributed by atoms with Crippen molar-refractivity contribution < 1.29 is 22.9 Å². The lowest BCUT2D eigenvalue weighted by Gasteiger charge is -2.35. The summed E-state index contributed by atoms with van der Waals surface area (Å²) in [5, 5.41) is 0. The van der Waals surface area contributed by atoms with Gasteiger partial charge in [0.1, 0.15) is 0 Å². The Morgan fingerprint density at radius 2 is 1.76 bits per heavy atom. The van der Waals surface area contributed by atoms with Crippen LogP contribution in [0.3, 0.4) is 0 Å². The average Bonchev–Trinajstić information content (AvgIpc) is 2.73. The Kier molecular flexibility index (Phi) is 5.50. The van der Waals surface area contributed by atoms with Crippen molar-refractivity contribution in [2.75, 3.05) is 49.1 Å². The number of quaternary nitrogens is 1. The smallest absolute Gasteiger partial charge is 0.360 e. The number of rotatable bonds is 3. The minimum absolute atomic E-state index is 0.125. The molecule has 2 aromatic rings. The number of carbonyl (C=O) groups is 1. The molecular weight excluding hydrogens is 379 g/mol. The number of benzene rings is 2. The molecule has 7 heteroatoms. The average molecular weight is 404 g/mol. The van der Waals surface area contributed by atoms with Crippen LogP contribution < -0.4 is 14.7 Å². The van der Waals surface area contributed by atoms with E-state index in [0.717, 1.165) is 44.2 Å². The molecule has 4 nitrogen and oxygen atoms in total. The Bertz CT molecular complexity index is 876. The minimum atomic E-state index is -4.33. The third-order valence-electron chi connectivity index (χ3n) is 5.82. The maximum Gasteiger partial charge on any atom is 0.416 e. The summed E-state index contributed by atoms with van der Waals surface area (Å²) in [7, 11) is 0. The first-order valence-electron chi connectivity index (χ1n) is 10.1. The molecule has 1 saturated heterocycles. The van der Waals surface area contributed by atoms with E-state index in [-0.39, 0.29) is 5.91 Å². The zero-order valence-electron chi connectivity index (χ0n) is 16.2. The number of aryl methyl sites for hydroxylation is 1. The second-order valence-electron chi connectivity index (χ2n) is 7.74. The van der Waals surface area contributed by atoms with Crippen LogP contribution in [-0.2, 0) is 17.4 Å². The predicted molar refractivity (Wildman–Crippen MR) is 106 cm³/mol. The standard InChI is InChI=1S/C22H24F3N3O/c23-22(24,25)18-7-3-8-19(15-18)27-13-11-26(12-14-27)16-21(29)28-10-4-6-17-5-1-2-9-20(17)28/h1-3,5,7-9,15H,4,6,10-14,16H2/p+1. The number of alkyl halides is 3. The van der Waals surface area contributed by atoms with Crippen molar-refractivity contribution in [2.24, 2.45) is 0 Å². The molecule has 0 aromatic heterocycles. The fourth-order valence-electron chi connectivity index (χ4n) is 4.24. The molecule has 2 heterocycles.